The van der Waals surface area contributed by atoms with Crippen LogP contribution >= 0.6 is 0 Å². The van der Waals surface area contributed by atoms with E-state index < -0.39 is 31.6 Å². The monoisotopic (exact) mass is 350 g/mol. The molecule has 2 aromatic carbocycles. The van der Waals surface area contributed by atoms with Crippen LogP contribution in [0.4, 0.5) is 21.9 Å². The van der Waals surface area contributed by atoms with Gasteiger partial charge in [0.2, 0.25) is 10.0 Å². The SMILES string of the molecule is CN(C(=O)Nc1ccc(S(N)(=O)=O)cc1[N+](=O)[O-])c1ccccc1. The van der Waals surface area contributed by atoms with Gasteiger partial charge >= 0.3 is 6.03 Å². The first-order valence-corrected chi connectivity index (χ1v) is 8.16. The van der Waals surface area contributed by atoms with Crippen LogP contribution in [0.1, 0.15) is 0 Å². The van der Waals surface area contributed by atoms with Crippen LogP contribution in [0.3, 0.4) is 0 Å². The summed E-state index contributed by atoms with van der Waals surface area (Å²) in [4.78, 5) is 23.4. The molecule has 2 amide bonds. The molecule has 10 heteroatoms. The molecule has 2 aromatic rings. The third-order valence-electron chi connectivity index (χ3n) is 3.18. The Morgan fingerprint density at radius 3 is 2.38 bits per heavy atom. The molecule has 0 saturated heterocycles. The third-order valence-corrected chi connectivity index (χ3v) is 4.10. The largest absolute Gasteiger partial charge is 0.326 e. The van der Waals surface area contributed by atoms with E-state index in [1.165, 1.54) is 11.9 Å². The third kappa shape index (κ3) is 3.86. The van der Waals surface area contributed by atoms with E-state index in [4.69, 9.17) is 5.14 Å². The van der Waals surface area contributed by atoms with E-state index in [9.17, 15) is 23.3 Å². The Kier molecular flexibility index (Phi) is 4.81. The molecule has 0 radical (unpaired) electrons. The summed E-state index contributed by atoms with van der Waals surface area (Å²) in [7, 11) is -2.60. The number of nitro groups is 1. The zero-order valence-corrected chi connectivity index (χ0v) is 13.4. The summed E-state index contributed by atoms with van der Waals surface area (Å²) in [6.07, 6.45) is 0. The zero-order valence-electron chi connectivity index (χ0n) is 12.5. The number of sulfonamides is 1. The number of benzene rings is 2. The Bertz CT molecular complexity index is 883. The lowest BCUT2D eigenvalue weighted by molar-refractivity contribution is -0.384. The first kappa shape index (κ1) is 17.4. The molecule has 126 valence electrons. The quantitative estimate of drug-likeness (QED) is 0.641. The van der Waals surface area contributed by atoms with Crippen LogP contribution in [0.2, 0.25) is 0 Å². The second-order valence-electron chi connectivity index (χ2n) is 4.81. The summed E-state index contributed by atoms with van der Waals surface area (Å²) in [5, 5.41) is 18.5. The van der Waals surface area contributed by atoms with Crippen LogP contribution in [0.25, 0.3) is 0 Å². The number of amides is 2. The normalized spacial score (nSPS) is 10.9. The summed E-state index contributed by atoms with van der Waals surface area (Å²) < 4.78 is 22.6. The Morgan fingerprint density at radius 1 is 1.21 bits per heavy atom. The highest BCUT2D eigenvalue weighted by atomic mass is 32.2. The molecule has 0 aliphatic carbocycles. The Morgan fingerprint density at radius 2 is 1.83 bits per heavy atom. The molecular formula is C14H14N4O5S. The number of primary sulfonamides is 1. The average molecular weight is 350 g/mol. The molecule has 0 unspecified atom stereocenters. The number of carbonyl (C=O) groups is 1. The van der Waals surface area contributed by atoms with Crippen molar-refractivity contribution >= 4 is 33.1 Å². The van der Waals surface area contributed by atoms with Gasteiger partial charge in [-0.15, -0.1) is 0 Å². The van der Waals surface area contributed by atoms with Crippen molar-refractivity contribution in [3.63, 3.8) is 0 Å². The Labute approximate surface area is 137 Å². The zero-order chi connectivity index (χ0) is 17.9. The number of nitro benzene ring substituents is 1. The van der Waals surface area contributed by atoms with E-state index in [0.717, 1.165) is 18.2 Å². The van der Waals surface area contributed by atoms with Gasteiger partial charge in [-0.2, -0.15) is 0 Å². The van der Waals surface area contributed by atoms with Crippen molar-refractivity contribution in [2.45, 2.75) is 4.90 Å². The number of nitrogens with zero attached hydrogens (tertiary/aromatic N) is 2. The molecule has 0 aliphatic rings. The van der Waals surface area contributed by atoms with E-state index in [-0.39, 0.29) is 5.69 Å². The van der Waals surface area contributed by atoms with Gasteiger partial charge < -0.3 is 5.32 Å². The van der Waals surface area contributed by atoms with Gasteiger partial charge in [0.1, 0.15) is 5.69 Å². The summed E-state index contributed by atoms with van der Waals surface area (Å²) in [6.45, 7) is 0. The minimum Gasteiger partial charge on any atom is -0.302 e. The molecular weight excluding hydrogens is 336 g/mol. The van der Waals surface area contributed by atoms with E-state index >= 15 is 0 Å². The van der Waals surface area contributed by atoms with Gasteiger partial charge in [0.15, 0.2) is 0 Å². The first-order chi connectivity index (χ1) is 11.2. The number of nitrogens with two attached hydrogens (primary N) is 1. The lowest BCUT2D eigenvalue weighted by atomic mass is 10.2. The fourth-order valence-electron chi connectivity index (χ4n) is 1.91. The number of nitrogens with one attached hydrogen (secondary N) is 1. The molecule has 0 aromatic heterocycles. The van der Waals surface area contributed by atoms with Crippen molar-refractivity contribution in [2.24, 2.45) is 5.14 Å². The molecule has 0 fully saturated rings. The number of carbonyl (C=O) groups excluding carboxylic acids is 1. The van der Waals surface area contributed by atoms with Crippen LogP contribution in [-0.2, 0) is 10.0 Å². The smallest absolute Gasteiger partial charge is 0.302 e. The Hall–Kier alpha value is -2.98. The van der Waals surface area contributed by atoms with Gasteiger partial charge in [-0.3, -0.25) is 15.0 Å². The number of anilines is 2. The highest BCUT2D eigenvalue weighted by Crippen LogP contribution is 2.27. The summed E-state index contributed by atoms with van der Waals surface area (Å²) in [5.41, 5.74) is -0.129. The minimum absolute atomic E-state index is 0.139. The van der Waals surface area contributed by atoms with Crippen molar-refractivity contribution in [3.8, 4) is 0 Å². The fraction of sp³-hybridized carbons (Fsp3) is 0.0714. The van der Waals surface area contributed by atoms with Crippen LogP contribution in [-0.4, -0.2) is 26.4 Å². The van der Waals surface area contributed by atoms with Crippen molar-refractivity contribution in [2.75, 3.05) is 17.3 Å². The van der Waals surface area contributed by atoms with Crippen LogP contribution in [0.5, 0.6) is 0 Å². The van der Waals surface area contributed by atoms with Crippen molar-refractivity contribution in [1.29, 1.82) is 0 Å². The maximum atomic E-state index is 12.2. The molecule has 0 aliphatic heterocycles. The van der Waals surface area contributed by atoms with Gasteiger partial charge in [-0.25, -0.2) is 18.4 Å². The molecule has 3 N–H and O–H groups in total. The topological polar surface area (TPSA) is 136 Å². The van der Waals surface area contributed by atoms with Gasteiger partial charge in [0.25, 0.3) is 5.69 Å². The lowest BCUT2D eigenvalue weighted by Gasteiger charge is -2.18. The van der Waals surface area contributed by atoms with E-state index in [1.807, 2.05) is 0 Å². The van der Waals surface area contributed by atoms with E-state index in [0.29, 0.717) is 5.69 Å². The molecule has 0 spiro atoms. The van der Waals surface area contributed by atoms with Gasteiger partial charge in [-0.05, 0) is 24.3 Å². The first-order valence-electron chi connectivity index (χ1n) is 6.61. The average Bonchev–Trinajstić information content (AvgIpc) is 2.54. The van der Waals surface area contributed by atoms with Gasteiger partial charge in [0, 0.05) is 18.8 Å². The Balaban J connectivity index is 2.32. The van der Waals surface area contributed by atoms with E-state index in [2.05, 4.69) is 5.32 Å². The second kappa shape index (κ2) is 6.64. The maximum absolute atomic E-state index is 12.2. The highest BCUT2D eigenvalue weighted by molar-refractivity contribution is 7.89. The summed E-state index contributed by atoms with van der Waals surface area (Å²) >= 11 is 0. The number of urea groups is 1. The molecule has 0 bridgehead atoms. The molecule has 2 rings (SSSR count). The lowest BCUT2D eigenvalue weighted by Crippen LogP contribution is -2.31. The fourth-order valence-corrected chi connectivity index (χ4v) is 2.45. The molecule has 9 nitrogen and oxygen atoms in total. The van der Waals surface area contributed by atoms with Crippen LogP contribution in [0.15, 0.2) is 53.4 Å². The van der Waals surface area contributed by atoms with Crippen molar-refractivity contribution < 1.29 is 18.1 Å². The van der Waals surface area contributed by atoms with Crippen molar-refractivity contribution in [3.05, 3.63) is 58.6 Å². The van der Waals surface area contributed by atoms with E-state index in [1.54, 1.807) is 30.3 Å². The number of hydrogen-bond donors (Lipinski definition) is 2. The van der Waals surface area contributed by atoms with Gasteiger partial charge in [-0.1, -0.05) is 18.2 Å². The molecule has 0 heterocycles. The van der Waals surface area contributed by atoms with Crippen LogP contribution < -0.4 is 15.4 Å². The number of rotatable bonds is 4. The van der Waals surface area contributed by atoms with Crippen molar-refractivity contribution in [1.82, 2.24) is 0 Å². The van der Waals surface area contributed by atoms with Crippen LogP contribution in [0, 0.1) is 10.1 Å². The predicted molar refractivity (Wildman–Crippen MR) is 88.3 cm³/mol. The number of hydrogen-bond acceptors (Lipinski definition) is 5. The highest BCUT2D eigenvalue weighted by Gasteiger charge is 2.21. The minimum atomic E-state index is -4.09. The maximum Gasteiger partial charge on any atom is 0.326 e. The summed E-state index contributed by atoms with van der Waals surface area (Å²) in [5.74, 6) is 0. The summed E-state index contributed by atoms with van der Waals surface area (Å²) in [6, 6.07) is 11.0. The standard InChI is InChI=1S/C14H14N4O5S/c1-17(10-5-3-2-4-6-10)14(19)16-12-8-7-11(24(15,22)23)9-13(12)18(20)21/h2-9H,1H3,(H,16,19)(H2,15,22,23). The van der Waals surface area contributed by atoms with Gasteiger partial charge in [0.05, 0.1) is 9.82 Å². The predicted octanol–water partition coefficient (Wildman–Crippen LogP) is 1.91. The second-order valence-corrected chi connectivity index (χ2v) is 6.37. The molecule has 0 saturated carbocycles. The molecule has 0 atom stereocenters. The molecule has 24 heavy (non-hydrogen) atoms. The number of para-hydroxylation sites is 1.